The molecule has 0 aliphatic heterocycles. The van der Waals surface area contributed by atoms with Gasteiger partial charge in [-0.25, -0.2) is 8.78 Å². The summed E-state index contributed by atoms with van der Waals surface area (Å²) in [5.74, 6) is -1.82. The quantitative estimate of drug-likeness (QED) is 0.613. The van der Waals surface area contributed by atoms with Crippen molar-refractivity contribution in [3.05, 3.63) is 47.0 Å². The Hall–Kier alpha value is -1.26. The Balaban J connectivity index is 1.74. The molecule has 1 atom stereocenters. The number of rotatable bonds is 6. The van der Waals surface area contributed by atoms with E-state index in [1.165, 1.54) is 30.9 Å². The van der Waals surface area contributed by atoms with Crippen LogP contribution in [0.5, 0.6) is 0 Å². The van der Waals surface area contributed by atoms with E-state index < -0.39 is 17.7 Å². The van der Waals surface area contributed by atoms with Gasteiger partial charge in [-0.05, 0) is 49.9 Å². The third-order valence-corrected chi connectivity index (χ3v) is 3.42. The van der Waals surface area contributed by atoms with E-state index in [1.54, 1.807) is 0 Å². The molecule has 2 nitrogen and oxygen atoms in total. The van der Waals surface area contributed by atoms with Gasteiger partial charge in [-0.15, -0.1) is 0 Å². The van der Waals surface area contributed by atoms with Crippen molar-refractivity contribution in [3.63, 3.8) is 0 Å². The number of nitrogens with one attached hydrogen (secondary N) is 1. The fourth-order valence-corrected chi connectivity index (χ4v) is 2.29. The van der Waals surface area contributed by atoms with Gasteiger partial charge in [-0.3, -0.25) is 0 Å². The molecule has 0 radical (unpaired) electrons. The molecule has 1 aliphatic carbocycles. The van der Waals surface area contributed by atoms with Gasteiger partial charge in [0.1, 0.15) is 0 Å². The van der Waals surface area contributed by atoms with Gasteiger partial charge in [-0.1, -0.05) is 17.7 Å². The summed E-state index contributed by atoms with van der Waals surface area (Å²) in [5.41, 5.74) is 1.86. The maximum atomic E-state index is 13.0. The van der Waals surface area contributed by atoms with Crippen LogP contribution in [0.4, 0.5) is 8.78 Å². The van der Waals surface area contributed by atoms with Crippen LogP contribution in [0.2, 0.25) is 0 Å². The molecule has 0 amide bonds. The topological polar surface area (TPSA) is 32.3 Å². The summed E-state index contributed by atoms with van der Waals surface area (Å²) in [7, 11) is 0. The molecule has 19 heavy (non-hydrogen) atoms. The first kappa shape index (κ1) is 14.2. The molecule has 1 unspecified atom stereocenters. The number of allylic oxidation sites excluding steroid dienone is 1. The largest absolute Gasteiger partial charge is 0.387 e. The van der Waals surface area contributed by atoms with Crippen LogP contribution in [0.1, 0.15) is 37.4 Å². The minimum absolute atomic E-state index is 0.346. The van der Waals surface area contributed by atoms with Crippen LogP contribution < -0.4 is 5.32 Å². The summed E-state index contributed by atoms with van der Waals surface area (Å²) in [6, 6.07) is 3.49. The van der Waals surface area contributed by atoms with Crippen LogP contribution in [0.15, 0.2) is 29.8 Å². The van der Waals surface area contributed by atoms with Gasteiger partial charge in [0.2, 0.25) is 0 Å². The molecule has 1 aliphatic rings. The molecule has 0 spiro atoms. The first-order valence-electron chi connectivity index (χ1n) is 6.68. The molecule has 2 N–H and O–H groups in total. The molecule has 1 aromatic rings. The number of aliphatic hydroxyl groups excluding tert-OH is 1. The molecular formula is C15H19F2NO. The second-order valence-corrected chi connectivity index (χ2v) is 4.90. The molecular weight excluding hydrogens is 248 g/mol. The highest BCUT2D eigenvalue weighted by Crippen LogP contribution is 2.20. The zero-order valence-corrected chi connectivity index (χ0v) is 10.8. The van der Waals surface area contributed by atoms with Gasteiger partial charge in [0.15, 0.2) is 11.6 Å². The molecule has 0 fully saturated rings. The average Bonchev–Trinajstić information content (AvgIpc) is 2.91. The number of halogens is 2. The number of benzene rings is 1. The first-order chi connectivity index (χ1) is 9.16. The average molecular weight is 267 g/mol. The van der Waals surface area contributed by atoms with Crippen molar-refractivity contribution in [2.45, 2.75) is 31.8 Å². The first-order valence-corrected chi connectivity index (χ1v) is 6.68. The smallest absolute Gasteiger partial charge is 0.159 e. The molecule has 0 bridgehead atoms. The highest BCUT2D eigenvalue weighted by molar-refractivity contribution is 5.20. The van der Waals surface area contributed by atoms with E-state index in [-0.39, 0.29) is 0 Å². The normalized spacial score (nSPS) is 16.5. The van der Waals surface area contributed by atoms with E-state index in [0.717, 1.165) is 25.1 Å². The van der Waals surface area contributed by atoms with Crippen molar-refractivity contribution in [2.24, 2.45) is 0 Å². The molecule has 0 saturated carbocycles. The fourth-order valence-electron chi connectivity index (χ4n) is 2.29. The molecule has 104 valence electrons. The Morgan fingerprint density at radius 3 is 2.79 bits per heavy atom. The van der Waals surface area contributed by atoms with Gasteiger partial charge < -0.3 is 10.4 Å². The van der Waals surface area contributed by atoms with Crippen molar-refractivity contribution in [3.8, 4) is 0 Å². The lowest BCUT2D eigenvalue weighted by Crippen LogP contribution is -2.22. The van der Waals surface area contributed by atoms with Crippen molar-refractivity contribution in [1.29, 1.82) is 0 Å². The monoisotopic (exact) mass is 267 g/mol. The third-order valence-electron chi connectivity index (χ3n) is 3.42. The summed E-state index contributed by atoms with van der Waals surface area (Å²) in [6.45, 7) is 1.14. The summed E-state index contributed by atoms with van der Waals surface area (Å²) >= 11 is 0. The Labute approximate surface area is 112 Å². The summed E-state index contributed by atoms with van der Waals surface area (Å²) < 4.78 is 25.8. The van der Waals surface area contributed by atoms with Crippen molar-refractivity contribution < 1.29 is 13.9 Å². The molecule has 2 rings (SSSR count). The van der Waals surface area contributed by atoms with Crippen LogP contribution >= 0.6 is 0 Å². The molecule has 0 saturated heterocycles. The minimum Gasteiger partial charge on any atom is -0.387 e. The van der Waals surface area contributed by atoms with Crippen LogP contribution in [0, 0.1) is 11.6 Å². The maximum Gasteiger partial charge on any atom is 0.159 e. The van der Waals surface area contributed by atoms with E-state index in [2.05, 4.69) is 11.4 Å². The highest BCUT2D eigenvalue weighted by atomic mass is 19.2. The van der Waals surface area contributed by atoms with E-state index in [4.69, 9.17) is 0 Å². The lowest BCUT2D eigenvalue weighted by atomic mass is 10.1. The Bertz CT molecular complexity index is 459. The molecule has 0 aromatic heterocycles. The van der Waals surface area contributed by atoms with Gasteiger partial charge in [0.25, 0.3) is 0 Å². The van der Waals surface area contributed by atoms with Crippen molar-refractivity contribution >= 4 is 0 Å². The lowest BCUT2D eigenvalue weighted by Gasteiger charge is -2.12. The van der Waals surface area contributed by atoms with Crippen molar-refractivity contribution in [1.82, 2.24) is 5.32 Å². The van der Waals surface area contributed by atoms with Crippen LogP contribution in [-0.4, -0.2) is 18.2 Å². The Morgan fingerprint density at radius 2 is 2.11 bits per heavy atom. The predicted octanol–water partition coefficient (Wildman–Crippen LogP) is 3.09. The van der Waals surface area contributed by atoms with Crippen molar-refractivity contribution in [2.75, 3.05) is 13.1 Å². The highest BCUT2D eigenvalue weighted by Gasteiger charge is 2.10. The van der Waals surface area contributed by atoms with Crippen LogP contribution in [-0.2, 0) is 0 Å². The maximum absolute atomic E-state index is 13.0. The summed E-state index contributed by atoms with van der Waals surface area (Å²) in [6.07, 6.45) is 6.04. The van der Waals surface area contributed by atoms with Gasteiger partial charge in [0.05, 0.1) is 6.10 Å². The number of hydrogen-bond donors (Lipinski definition) is 2. The summed E-state index contributed by atoms with van der Waals surface area (Å²) in [5, 5.41) is 13.0. The van der Waals surface area contributed by atoms with Gasteiger partial charge in [-0.2, -0.15) is 0 Å². The SMILES string of the molecule is OC(CNCCC1=CCCC1)c1ccc(F)c(F)c1. The van der Waals surface area contributed by atoms with Gasteiger partial charge in [0, 0.05) is 6.54 Å². The van der Waals surface area contributed by atoms with Crippen LogP contribution in [0.3, 0.4) is 0 Å². The lowest BCUT2D eigenvalue weighted by molar-refractivity contribution is 0.174. The standard InChI is InChI=1S/C15H19F2NO/c16-13-6-5-12(9-14(13)17)15(19)10-18-8-7-11-3-1-2-4-11/h3,5-6,9,15,18-19H,1-2,4,7-8,10H2. The number of hydrogen-bond acceptors (Lipinski definition) is 2. The molecule has 4 heteroatoms. The zero-order chi connectivity index (χ0) is 13.7. The second-order valence-electron chi connectivity index (χ2n) is 4.90. The van der Waals surface area contributed by atoms with Gasteiger partial charge >= 0.3 is 0 Å². The minimum atomic E-state index is -0.923. The van der Waals surface area contributed by atoms with E-state index in [9.17, 15) is 13.9 Å². The Morgan fingerprint density at radius 1 is 1.26 bits per heavy atom. The zero-order valence-electron chi connectivity index (χ0n) is 10.8. The molecule has 1 aromatic carbocycles. The van der Waals surface area contributed by atoms with E-state index in [1.807, 2.05) is 0 Å². The van der Waals surface area contributed by atoms with E-state index >= 15 is 0 Å². The fraction of sp³-hybridized carbons (Fsp3) is 0.467. The molecule has 0 heterocycles. The van der Waals surface area contributed by atoms with Crippen LogP contribution in [0.25, 0.3) is 0 Å². The number of aliphatic hydroxyl groups is 1. The Kier molecular flexibility index (Phi) is 5.05. The third kappa shape index (κ3) is 4.11. The summed E-state index contributed by atoms with van der Waals surface area (Å²) in [4.78, 5) is 0. The second kappa shape index (κ2) is 6.78. The van der Waals surface area contributed by atoms with E-state index in [0.29, 0.717) is 12.1 Å². The predicted molar refractivity (Wildman–Crippen MR) is 70.7 cm³/mol.